The number of urea groups is 1. The van der Waals surface area contributed by atoms with Crippen LogP contribution in [-0.2, 0) is 16.1 Å². The highest BCUT2D eigenvalue weighted by atomic mass is 16.5. The molecule has 1 unspecified atom stereocenters. The van der Waals surface area contributed by atoms with Crippen molar-refractivity contribution in [2.24, 2.45) is 11.7 Å². The number of ether oxygens (including phenoxy) is 1. The average molecular weight is 347 g/mol. The second kappa shape index (κ2) is 8.15. The van der Waals surface area contributed by atoms with E-state index in [9.17, 15) is 9.59 Å². The molecule has 2 aliphatic rings. The maximum atomic E-state index is 12.4. The van der Waals surface area contributed by atoms with E-state index in [1.54, 1.807) is 6.20 Å². The molecule has 1 atom stereocenters. The van der Waals surface area contributed by atoms with Crippen LogP contribution in [0.15, 0.2) is 18.3 Å². The molecule has 0 spiro atoms. The SMILES string of the molecule is NC(=O)N1CCCC(C(=O)NCc2ccnc(N3CCOCC3)c2)C1. The summed E-state index contributed by atoms with van der Waals surface area (Å²) >= 11 is 0. The number of piperidine rings is 1. The summed E-state index contributed by atoms with van der Waals surface area (Å²) in [5, 5.41) is 2.97. The summed E-state index contributed by atoms with van der Waals surface area (Å²) in [7, 11) is 0. The number of carbonyl (C=O) groups is 2. The average Bonchev–Trinajstić information content (AvgIpc) is 2.67. The van der Waals surface area contributed by atoms with Crippen molar-refractivity contribution in [3.63, 3.8) is 0 Å². The van der Waals surface area contributed by atoms with Gasteiger partial charge in [0.05, 0.1) is 19.1 Å². The minimum Gasteiger partial charge on any atom is -0.378 e. The molecule has 1 aromatic rings. The van der Waals surface area contributed by atoms with Gasteiger partial charge in [-0.15, -0.1) is 0 Å². The number of nitrogens with two attached hydrogens (primary N) is 1. The van der Waals surface area contributed by atoms with E-state index in [-0.39, 0.29) is 11.8 Å². The molecule has 3 rings (SSSR count). The van der Waals surface area contributed by atoms with E-state index in [4.69, 9.17) is 10.5 Å². The van der Waals surface area contributed by atoms with E-state index >= 15 is 0 Å². The summed E-state index contributed by atoms with van der Waals surface area (Å²) in [4.78, 5) is 31.8. The first kappa shape index (κ1) is 17.5. The molecule has 3 heterocycles. The Labute approximate surface area is 147 Å². The first-order chi connectivity index (χ1) is 12.1. The van der Waals surface area contributed by atoms with Crippen LogP contribution in [0.1, 0.15) is 18.4 Å². The topological polar surface area (TPSA) is 101 Å². The maximum absolute atomic E-state index is 12.4. The summed E-state index contributed by atoms with van der Waals surface area (Å²) < 4.78 is 5.36. The van der Waals surface area contributed by atoms with Crippen LogP contribution in [0, 0.1) is 5.92 Å². The quantitative estimate of drug-likeness (QED) is 0.817. The molecule has 3 amide bonds. The van der Waals surface area contributed by atoms with Gasteiger partial charge in [-0.25, -0.2) is 9.78 Å². The number of aromatic nitrogens is 1. The summed E-state index contributed by atoms with van der Waals surface area (Å²) in [6.07, 6.45) is 3.35. The van der Waals surface area contributed by atoms with Crippen molar-refractivity contribution in [3.8, 4) is 0 Å². The van der Waals surface area contributed by atoms with Gasteiger partial charge in [0.2, 0.25) is 5.91 Å². The Morgan fingerprint density at radius 1 is 1.32 bits per heavy atom. The zero-order chi connectivity index (χ0) is 17.6. The minimum absolute atomic E-state index is 0.0318. The molecule has 0 saturated carbocycles. The van der Waals surface area contributed by atoms with Crippen molar-refractivity contribution in [2.75, 3.05) is 44.3 Å². The van der Waals surface area contributed by atoms with Crippen LogP contribution in [0.3, 0.4) is 0 Å². The van der Waals surface area contributed by atoms with E-state index in [0.717, 1.165) is 37.3 Å². The second-order valence-electron chi connectivity index (χ2n) is 6.46. The Kier molecular flexibility index (Phi) is 5.70. The van der Waals surface area contributed by atoms with Gasteiger partial charge in [0, 0.05) is 38.9 Å². The molecule has 1 aromatic heterocycles. The van der Waals surface area contributed by atoms with Crippen molar-refractivity contribution in [2.45, 2.75) is 19.4 Å². The third kappa shape index (κ3) is 4.60. The molecule has 2 saturated heterocycles. The maximum Gasteiger partial charge on any atom is 0.314 e. The van der Waals surface area contributed by atoms with Crippen LogP contribution < -0.4 is 16.0 Å². The zero-order valence-corrected chi connectivity index (χ0v) is 14.3. The normalized spacial score (nSPS) is 21.0. The molecular weight excluding hydrogens is 322 g/mol. The molecule has 2 fully saturated rings. The van der Waals surface area contributed by atoms with Crippen LogP contribution in [0.4, 0.5) is 10.6 Å². The standard InChI is InChI=1S/C17H25N5O3/c18-17(24)22-5-1-2-14(12-22)16(23)20-11-13-3-4-19-15(10-13)21-6-8-25-9-7-21/h3-4,10,14H,1-2,5-9,11-12H2,(H2,18,24)(H,20,23). The van der Waals surface area contributed by atoms with Crippen LogP contribution in [0.25, 0.3) is 0 Å². The Morgan fingerprint density at radius 2 is 2.12 bits per heavy atom. The number of carbonyl (C=O) groups excluding carboxylic acids is 2. The number of primary amides is 1. The number of likely N-dealkylation sites (tertiary alicyclic amines) is 1. The number of rotatable bonds is 4. The van der Waals surface area contributed by atoms with Gasteiger partial charge >= 0.3 is 6.03 Å². The zero-order valence-electron chi connectivity index (χ0n) is 14.3. The smallest absolute Gasteiger partial charge is 0.314 e. The number of nitrogens with zero attached hydrogens (tertiary/aromatic N) is 3. The molecule has 8 nitrogen and oxygen atoms in total. The van der Waals surface area contributed by atoms with Gasteiger partial charge < -0.3 is 25.6 Å². The van der Waals surface area contributed by atoms with Gasteiger partial charge in [0.15, 0.2) is 0 Å². The predicted molar refractivity (Wildman–Crippen MR) is 93.0 cm³/mol. The van der Waals surface area contributed by atoms with E-state index in [1.165, 1.54) is 4.90 Å². The lowest BCUT2D eigenvalue weighted by Gasteiger charge is -2.30. The molecule has 8 heteroatoms. The second-order valence-corrected chi connectivity index (χ2v) is 6.46. The van der Waals surface area contributed by atoms with Gasteiger partial charge in [0.1, 0.15) is 5.82 Å². The number of pyridine rings is 1. The van der Waals surface area contributed by atoms with Crippen LogP contribution in [-0.4, -0.2) is 61.2 Å². The highest BCUT2D eigenvalue weighted by Gasteiger charge is 2.27. The van der Waals surface area contributed by atoms with Gasteiger partial charge in [0.25, 0.3) is 0 Å². The number of morpholine rings is 1. The lowest BCUT2D eigenvalue weighted by molar-refractivity contribution is -0.126. The molecule has 3 N–H and O–H groups in total. The first-order valence-electron chi connectivity index (χ1n) is 8.73. The Hall–Kier alpha value is -2.35. The lowest BCUT2D eigenvalue weighted by atomic mass is 9.97. The summed E-state index contributed by atoms with van der Waals surface area (Å²) in [5.41, 5.74) is 6.32. The number of hydrogen-bond acceptors (Lipinski definition) is 5. The predicted octanol–water partition coefficient (Wildman–Crippen LogP) is 0.325. The van der Waals surface area contributed by atoms with Gasteiger partial charge in [-0.1, -0.05) is 0 Å². The highest BCUT2D eigenvalue weighted by Crippen LogP contribution is 2.17. The summed E-state index contributed by atoms with van der Waals surface area (Å²) in [6.45, 7) is 4.55. The Morgan fingerprint density at radius 3 is 2.88 bits per heavy atom. The number of amides is 3. The fourth-order valence-electron chi connectivity index (χ4n) is 3.26. The number of nitrogens with one attached hydrogen (secondary N) is 1. The van der Waals surface area contributed by atoms with E-state index in [0.29, 0.717) is 32.8 Å². The summed E-state index contributed by atoms with van der Waals surface area (Å²) in [5.74, 6) is 0.685. The Bertz CT molecular complexity index is 618. The van der Waals surface area contributed by atoms with E-state index < -0.39 is 6.03 Å². The molecule has 0 radical (unpaired) electrons. The summed E-state index contributed by atoms with van der Waals surface area (Å²) in [6, 6.07) is 3.45. The van der Waals surface area contributed by atoms with Gasteiger partial charge in [-0.05, 0) is 30.5 Å². The molecule has 2 aliphatic heterocycles. The highest BCUT2D eigenvalue weighted by molar-refractivity contribution is 5.80. The van der Waals surface area contributed by atoms with Crippen LogP contribution in [0.2, 0.25) is 0 Å². The van der Waals surface area contributed by atoms with E-state index in [1.807, 2.05) is 12.1 Å². The van der Waals surface area contributed by atoms with E-state index in [2.05, 4.69) is 15.2 Å². The molecule has 0 aromatic carbocycles. The molecule has 0 aliphatic carbocycles. The first-order valence-corrected chi connectivity index (χ1v) is 8.73. The molecule has 25 heavy (non-hydrogen) atoms. The number of hydrogen-bond donors (Lipinski definition) is 2. The van der Waals surface area contributed by atoms with Crippen LogP contribution in [0.5, 0.6) is 0 Å². The molecule has 0 bridgehead atoms. The largest absolute Gasteiger partial charge is 0.378 e. The van der Waals surface area contributed by atoms with Crippen molar-refractivity contribution < 1.29 is 14.3 Å². The monoisotopic (exact) mass is 347 g/mol. The molecular formula is C17H25N5O3. The fraction of sp³-hybridized carbons (Fsp3) is 0.588. The van der Waals surface area contributed by atoms with Crippen molar-refractivity contribution in [1.82, 2.24) is 15.2 Å². The lowest BCUT2D eigenvalue weighted by Crippen LogP contribution is -2.47. The van der Waals surface area contributed by atoms with Crippen molar-refractivity contribution >= 4 is 17.8 Å². The van der Waals surface area contributed by atoms with Crippen LogP contribution >= 0.6 is 0 Å². The third-order valence-electron chi connectivity index (χ3n) is 4.72. The van der Waals surface area contributed by atoms with Crippen molar-refractivity contribution in [3.05, 3.63) is 23.9 Å². The Balaban J connectivity index is 1.54. The fourth-order valence-corrected chi connectivity index (χ4v) is 3.26. The molecule has 136 valence electrons. The number of anilines is 1. The van der Waals surface area contributed by atoms with Gasteiger partial charge in [-0.2, -0.15) is 0 Å². The minimum atomic E-state index is -0.457. The van der Waals surface area contributed by atoms with Gasteiger partial charge in [-0.3, -0.25) is 4.79 Å². The van der Waals surface area contributed by atoms with Crippen molar-refractivity contribution in [1.29, 1.82) is 0 Å². The third-order valence-corrected chi connectivity index (χ3v) is 4.72.